The molecule has 1 aromatic carbocycles. The van der Waals surface area contributed by atoms with Crippen molar-refractivity contribution >= 4 is 28.9 Å². The first-order chi connectivity index (χ1) is 10.1. The lowest BCUT2D eigenvalue weighted by Gasteiger charge is -2.09. The quantitative estimate of drug-likeness (QED) is 0.390. The number of methoxy groups -OCH3 is 1. The predicted octanol–water partition coefficient (Wildman–Crippen LogP) is 3.09. The summed E-state index contributed by atoms with van der Waals surface area (Å²) in [6.45, 7) is 0. The molecule has 0 saturated carbocycles. The number of aromatic nitrogens is 1. The van der Waals surface area contributed by atoms with Gasteiger partial charge in [0.2, 0.25) is 5.43 Å². The minimum atomic E-state index is -0.864. The summed E-state index contributed by atoms with van der Waals surface area (Å²) in [5.74, 6) is 0.486. The number of nitrogens with zero attached hydrogens (tertiary/aromatic N) is 1. The maximum Gasteiger partial charge on any atom is 0.513 e. The molecule has 2 aliphatic rings. The molecular weight excluding hydrogens is 298 g/mol. The normalized spacial score (nSPS) is 10.8. The van der Waals surface area contributed by atoms with E-state index in [0.29, 0.717) is 22.6 Å². The van der Waals surface area contributed by atoms with Crippen molar-refractivity contribution in [1.29, 1.82) is 0 Å². The van der Waals surface area contributed by atoms with Crippen molar-refractivity contribution < 1.29 is 18.7 Å². The second-order valence-electron chi connectivity index (χ2n) is 4.12. The summed E-state index contributed by atoms with van der Waals surface area (Å²) in [5, 5.41) is 0.0379. The van der Waals surface area contributed by atoms with Crippen LogP contribution in [0.15, 0.2) is 39.5 Å². The van der Waals surface area contributed by atoms with E-state index < -0.39 is 6.16 Å². The average molecular weight is 306 g/mol. The van der Waals surface area contributed by atoms with Gasteiger partial charge in [-0.25, -0.2) is 9.78 Å². The van der Waals surface area contributed by atoms with Crippen molar-refractivity contribution in [1.82, 2.24) is 4.98 Å². The molecule has 1 heterocycles. The number of rotatable bonds is 1. The molecule has 0 unspecified atom stereocenters. The number of ether oxygens (including phenoxy) is 2. The number of hydrogen-bond acceptors (Lipinski definition) is 6. The van der Waals surface area contributed by atoms with Crippen LogP contribution in [0, 0.1) is 0 Å². The number of carbonyl (C=O) groups is 1. The van der Waals surface area contributed by atoms with Crippen LogP contribution in [0.4, 0.5) is 4.79 Å². The summed E-state index contributed by atoms with van der Waals surface area (Å²) < 4.78 is 15.0. The minimum Gasteiger partial charge on any atom is -0.453 e. The zero-order chi connectivity index (χ0) is 15.0. The molecule has 0 aromatic heterocycles. The Morgan fingerprint density at radius 1 is 1.33 bits per heavy atom. The second kappa shape index (κ2) is 5.06. The van der Waals surface area contributed by atoms with E-state index >= 15 is 0 Å². The lowest BCUT2D eigenvalue weighted by molar-refractivity contribution is 0.122. The number of fused-ring (bicyclic) bond motifs is 2. The molecule has 21 heavy (non-hydrogen) atoms. The molecule has 6 nitrogen and oxygen atoms in total. The Bertz CT molecular complexity index is 873. The molecule has 3 rings (SSSR count). The molecule has 0 fully saturated rings. The van der Waals surface area contributed by atoms with Gasteiger partial charge < -0.3 is 13.9 Å². The van der Waals surface area contributed by atoms with E-state index in [0.717, 1.165) is 0 Å². The molecule has 1 aromatic rings. The van der Waals surface area contributed by atoms with E-state index in [4.69, 9.17) is 20.8 Å². The van der Waals surface area contributed by atoms with Gasteiger partial charge in [-0.2, -0.15) is 0 Å². The Kier molecular flexibility index (Phi) is 3.23. The van der Waals surface area contributed by atoms with Gasteiger partial charge in [0.25, 0.3) is 0 Å². The topological polar surface area (TPSA) is 78.6 Å². The number of hydrogen-bond donors (Lipinski definition) is 0. The van der Waals surface area contributed by atoms with Crippen molar-refractivity contribution in [2.75, 3.05) is 7.11 Å². The van der Waals surface area contributed by atoms with Gasteiger partial charge in [0.05, 0.1) is 12.1 Å². The molecule has 7 heteroatoms. The lowest BCUT2D eigenvalue weighted by Crippen LogP contribution is -2.08. The Labute approximate surface area is 123 Å². The number of benzene rings is 2. The summed E-state index contributed by atoms with van der Waals surface area (Å²) in [6.07, 6.45) is -0.864. The maximum atomic E-state index is 11.5. The zero-order valence-electron chi connectivity index (χ0n) is 10.8. The van der Waals surface area contributed by atoms with Gasteiger partial charge in [-0.1, -0.05) is 17.7 Å². The second-order valence-corrected chi connectivity index (χ2v) is 4.53. The molecular formula is C14H8ClNO5. The molecule has 0 saturated heterocycles. The van der Waals surface area contributed by atoms with Crippen LogP contribution in [0.5, 0.6) is 5.75 Å². The maximum absolute atomic E-state index is 11.5. The van der Waals surface area contributed by atoms with E-state index in [1.807, 2.05) is 0 Å². The Balaban J connectivity index is 2.26. The van der Waals surface area contributed by atoms with Crippen molar-refractivity contribution in [2.45, 2.75) is 0 Å². The molecule has 0 N–H and O–H groups in total. The van der Waals surface area contributed by atoms with Crippen LogP contribution in [0.3, 0.4) is 0 Å². The molecule has 0 atom stereocenters. The third-order valence-electron chi connectivity index (χ3n) is 2.79. The van der Waals surface area contributed by atoms with Gasteiger partial charge in [-0.15, -0.1) is 0 Å². The number of para-hydroxylation sites is 1. The fourth-order valence-corrected chi connectivity index (χ4v) is 2.00. The number of carbonyl (C=O) groups excluding carboxylic acids is 1. The number of halogens is 1. The van der Waals surface area contributed by atoms with Crippen LogP contribution >= 0.6 is 11.6 Å². The lowest BCUT2D eigenvalue weighted by atomic mass is 10.2. The summed E-state index contributed by atoms with van der Waals surface area (Å²) in [7, 11) is 1.20. The zero-order valence-corrected chi connectivity index (χ0v) is 11.5. The van der Waals surface area contributed by atoms with Gasteiger partial charge in [0.15, 0.2) is 17.1 Å². The van der Waals surface area contributed by atoms with E-state index in [1.54, 1.807) is 18.2 Å². The first-order valence-corrected chi connectivity index (χ1v) is 6.25. The van der Waals surface area contributed by atoms with Crippen molar-refractivity contribution in [3.63, 3.8) is 0 Å². The van der Waals surface area contributed by atoms with Crippen molar-refractivity contribution in [3.05, 3.63) is 45.6 Å². The molecule has 1 aliphatic heterocycles. The van der Waals surface area contributed by atoms with Gasteiger partial charge in [-0.3, -0.25) is 4.79 Å². The van der Waals surface area contributed by atoms with Crippen LogP contribution in [0.2, 0.25) is 5.02 Å². The highest BCUT2D eigenvalue weighted by Gasteiger charge is 2.16. The highest BCUT2D eigenvalue weighted by molar-refractivity contribution is 6.30. The molecule has 0 bridgehead atoms. The monoisotopic (exact) mass is 305 g/mol. The fraction of sp³-hybridized carbons (Fsp3) is 0.0714. The third kappa shape index (κ3) is 2.41. The summed E-state index contributed by atoms with van der Waals surface area (Å²) in [4.78, 5) is 27.1. The predicted molar refractivity (Wildman–Crippen MR) is 74.9 cm³/mol. The van der Waals surface area contributed by atoms with Crippen LogP contribution in [0.1, 0.15) is 0 Å². The summed E-state index contributed by atoms with van der Waals surface area (Å²) in [6, 6.07) is 7.49. The summed E-state index contributed by atoms with van der Waals surface area (Å²) >= 11 is 5.79. The van der Waals surface area contributed by atoms with Gasteiger partial charge in [-0.05, 0) is 18.2 Å². The van der Waals surface area contributed by atoms with Gasteiger partial charge in [0.1, 0.15) is 11.2 Å². The minimum absolute atomic E-state index is 0.0379. The molecule has 0 radical (unpaired) electrons. The summed E-state index contributed by atoms with van der Waals surface area (Å²) in [5.41, 5.74) is 0.722. The van der Waals surface area contributed by atoms with Gasteiger partial charge in [0, 0.05) is 6.07 Å². The largest absolute Gasteiger partial charge is 0.513 e. The average Bonchev–Trinajstić information content (AvgIpc) is 2.47. The van der Waals surface area contributed by atoms with E-state index in [1.165, 1.54) is 19.2 Å². The highest BCUT2D eigenvalue weighted by Crippen LogP contribution is 2.30. The fourth-order valence-electron chi connectivity index (χ4n) is 1.84. The first-order valence-electron chi connectivity index (χ1n) is 5.87. The van der Waals surface area contributed by atoms with Gasteiger partial charge >= 0.3 is 6.16 Å². The highest BCUT2D eigenvalue weighted by atomic mass is 35.5. The van der Waals surface area contributed by atoms with E-state index in [9.17, 15) is 9.59 Å². The first kappa shape index (κ1) is 13.4. The van der Waals surface area contributed by atoms with E-state index in [2.05, 4.69) is 9.72 Å². The smallest absolute Gasteiger partial charge is 0.453 e. The Morgan fingerprint density at radius 3 is 2.90 bits per heavy atom. The Hall–Kier alpha value is -2.60. The third-order valence-corrected chi connectivity index (χ3v) is 3.08. The molecule has 0 spiro atoms. The van der Waals surface area contributed by atoms with Crippen LogP contribution in [-0.4, -0.2) is 18.2 Å². The molecule has 0 amide bonds. The standard InChI is InChI=1S/C14H8ClNO5/c1-19-14(18)21-11-4-2-3-10-13(11)16-8-5-7(15)9(17)6-12(8)20-10/h2-6H,1H3. The van der Waals surface area contributed by atoms with Crippen LogP contribution in [-0.2, 0) is 4.74 Å². The van der Waals surface area contributed by atoms with Crippen LogP contribution in [0.25, 0.3) is 22.6 Å². The van der Waals surface area contributed by atoms with E-state index in [-0.39, 0.29) is 16.2 Å². The molecule has 1 aliphatic carbocycles. The Morgan fingerprint density at radius 2 is 2.14 bits per heavy atom. The molecule has 106 valence electrons. The van der Waals surface area contributed by atoms with Crippen molar-refractivity contribution in [3.8, 4) is 17.2 Å². The SMILES string of the molecule is COC(=O)Oc1cccc2oc3cc(=O)c(Cl)cc-3nc12. The van der Waals surface area contributed by atoms with Crippen LogP contribution < -0.4 is 10.2 Å². The van der Waals surface area contributed by atoms with Crippen molar-refractivity contribution in [2.24, 2.45) is 0 Å².